The van der Waals surface area contributed by atoms with Gasteiger partial charge < -0.3 is 14.0 Å². The van der Waals surface area contributed by atoms with Crippen LogP contribution in [-0.4, -0.2) is 66.9 Å². The molecule has 0 N–H and O–H groups in total. The highest BCUT2D eigenvalue weighted by Crippen LogP contribution is 2.36. The topological polar surface area (TPSA) is 46.9 Å². The number of pyridine rings is 1. The molecule has 2 saturated heterocycles. The van der Waals surface area contributed by atoms with Gasteiger partial charge >= 0.3 is 0 Å². The smallest absolute Gasteiger partial charge is 0.255 e. The molecule has 4 heterocycles. The number of ether oxygens (including phenoxy) is 2. The Balaban J connectivity index is 1.22. The summed E-state index contributed by atoms with van der Waals surface area (Å²) in [5.41, 5.74) is 2.30. The molecule has 0 spiro atoms. The molecule has 30 heavy (non-hydrogen) atoms. The van der Waals surface area contributed by atoms with E-state index in [0.717, 1.165) is 50.7 Å². The average Bonchev–Trinajstić information content (AvgIpc) is 2.70. The Kier molecular flexibility index (Phi) is 5.63. The number of aromatic nitrogens is 1. The van der Waals surface area contributed by atoms with E-state index in [1.165, 1.54) is 12.1 Å². The zero-order valence-corrected chi connectivity index (χ0v) is 17.7. The van der Waals surface area contributed by atoms with E-state index < -0.39 is 0 Å². The van der Waals surface area contributed by atoms with E-state index in [-0.39, 0.29) is 5.56 Å². The van der Waals surface area contributed by atoms with Crippen LogP contribution in [0.1, 0.15) is 23.6 Å². The molecule has 2 fully saturated rings. The first kappa shape index (κ1) is 19.8. The Bertz CT molecular complexity index is 925. The zero-order chi connectivity index (χ0) is 20.5. The van der Waals surface area contributed by atoms with Crippen molar-refractivity contribution >= 4 is 0 Å². The van der Waals surface area contributed by atoms with E-state index >= 15 is 0 Å². The lowest BCUT2D eigenvalue weighted by atomic mass is 9.82. The van der Waals surface area contributed by atoms with E-state index in [4.69, 9.17) is 9.47 Å². The minimum absolute atomic E-state index is 0.193. The summed E-state index contributed by atoms with van der Waals surface area (Å²) in [5, 5.41) is 0. The number of likely N-dealkylation sites (tertiary alicyclic amines) is 1. The summed E-state index contributed by atoms with van der Waals surface area (Å²) in [5.74, 6) is 1.92. The number of likely N-dealkylation sites (N-methyl/N-ethyl adjacent to an activating group) is 1. The molecule has 0 aliphatic carbocycles. The van der Waals surface area contributed by atoms with Crippen LogP contribution in [-0.2, 0) is 17.8 Å². The van der Waals surface area contributed by atoms with Gasteiger partial charge in [-0.15, -0.1) is 0 Å². The van der Waals surface area contributed by atoms with Crippen LogP contribution in [0.2, 0.25) is 0 Å². The Labute approximate surface area is 178 Å². The Morgan fingerprint density at radius 2 is 1.93 bits per heavy atom. The molecule has 2 atom stereocenters. The predicted molar refractivity (Wildman–Crippen MR) is 116 cm³/mol. The van der Waals surface area contributed by atoms with Gasteiger partial charge in [-0.3, -0.25) is 14.6 Å². The third kappa shape index (κ3) is 4.04. The molecule has 0 amide bonds. The maximum Gasteiger partial charge on any atom is 0.255 e. The fraction of sp³-hybridized carbons (Fsp3) is 0.542. The lowest BCUT2D eigenvalue weighted by Crippen LogP contribution is -2.56. The van der Waals surface area contributed by atoms with E-state index in [1.807, 2.05) is 37.4 Å². The molecule has 3 aliphatic heterocycles. The van der Waals surface area contributed by atoms with Crippen LogP contribution < -0.4 is 10.3 Å². The summed E-state index contributed by atoms with van der Waals surface area (Å²) < 4.78 is 13.3. The third-order valence-corrected chi connectivity index (χ3v) is 6.77. The van der Waals surface area contributed by atoms with Gasteiger partial charge in [-0.2, -0.15) is 0 Å². The Hall–Kier alpha value is -2.15. The summed E-state index contributed by atoms with van der Waals surface area (Å²) in [6, 6.07) is 14.7. The number of benzene rings is 1. The zero-order valence-electron chi connectivity index (χ0n) is 17.7. The van der Waals surface area contributed by atoms with Gasteiger partial charge in [0.05, 0.1) is 19.3 Å². The lowest BCUT2D eigenvalue weighted by molar-refractivity contribution is -0.0827. The highest BCUT2D eigenvalue weighted by molar-refractivity contribution is 5.23. The second kappa shape index (κ2) is 8.53. The van der Waals surface area contributed by atoms with Gasteiger partial charge in [0.15, 0.2) is 0 Å². The van der Waals surface area contributed by atoms with Crippen molar-refractivity contribution in [2.75, 3.05) is 46.5 Å². The average molecular weight is 410 g/mol. The first-order valence-electron chi connectivity index (χ1n) is 11.1. The van der Waals surface area contributed by atoms with Crippen LogP contribution in [0.25, 0.3) is 0 Å². The van der Waals surface area contributed by atoms with Gasteiger partial charge in [0.1, 0.15) is 12.4 Å². The molecule has 1 aromatic carbocycles. The lowest BCUT2D eigenvalue weighted by Gasteiger charge is -2.47. The molecule has 6 nitrogen and oxygen atoms in total. The quantitative estimate of drug-likeness (QED) is 0.702. The van der Waals surface area contributed by atoms with Crippen LogP contribution >= 0.6 is 0 Å². The SMILES string of the molecule is CN(CCOc1ccccc1)Cc1ccc2n(c1=O)C[C@H]1C[C@@H]2CN(C2COC2)C1. The van der Waals surface area contributed by atoms with Crippen LogP contribution in [0, 0.1) is 5.92 Å². The van der Waals surface area contributed by atoms with Crippen molar-refractivity contribution in [2.45, 2.75) is 31.5 Å². The minimum atomic E-state index is 0.193. The number of nitrogens with zero attached hydrogens (tertiary/aromatic N) is 3. The first-order valence-corrected chi connectivity index (χ1v) is 11.1. The van der Waals surface area contributed by atoms with Crippen molar-refractivity contribution in [1.29, 1.82) is 0 Å². The molecule has 6 heteroatoms. The molecule has 0 saturated carbocycles. The molecule has 2 bridgehead atoms. The monoisotopic (exact) mass is 409 g/mol. The number of hydrogen-bond acceptors (Lipinski definition) is 5. The van der Waals surface area contributed by atoms with E-state index in [2.05, 4.69) is 26.5 Å². The van der Waals surface area contributed by atoms with E-state index in [0.29, 0.717) is 31.0 Å². The molecular weight excluding hydrogens is 378 g/mol. The van der Waals surface area contributed by atoms with Gasteiger partial charge in [-0.25, -0.2) is 0 Å². The van der Waals surface area contributed by atoms with Crippen LogP contribution in [0.4, 0.5) is 0 Å². The summed E-state index contributed by atoms with van der Waals surface area (Å²) in [7, 11) is 2.05. The number of rotatable bonds is 7. The first-order chi connectivity index (χ1) is 14.7. The Morgan fingerprint density at radius 3 is 2.70 bits per heavy atom. The molecule has 160 valence electrons. The normalized spacial score (nSPS) is 23.8. The van der Waals surface area contributed by atoms with E-state index in [9.17, 15) is 4.79 Å². The third-order valence-electron chi connectivity index (χ3n) is 6.77. The number of piperidine rings is 1. The molecule has 5 rings (SSSR count). The standard InChI is InChI=1S/C24H31N3O3/c1-25(9-10-30-22-5-3-2-4-6-22)14-19-7-8-23-20-11-18(13-27(23)24(19)28)12-26(15-20)21-16-29-17-21/h2-8,18,20-21H,9-17H2,1H3/t18-,20+/m0/s1. The molecule has 0 unspecified atom stereocenters. The summed E-state index contributed by atoms with van der Waals surface area (Å²) >= 11 is 0. The van der Waals surface area contributed by atoms with Crippen LogP contribution in [0.3, 0.4) is 0 Å². The van der Waals surface area contributed by atoms with Crippen molar-refractivity contribution in [3.05, 3.63) is 64.1 Å². The van der Waals surface area contributed by atoms with Crippen molar-refractivity contribution in [2.24, 2.45) is 5.92 Å². The predicted octanol–water partition coefficient (Wildman–Crippen LogP) is 2.18. The number of fused-ring (bicyclic) bond motifs is 4. The number of para-hydroxylation sites is 1. The largest absolute Gasteiger partial charge is 0.492 e. The van der Waals surface area contributed by atoms with Crippen molar-refractivity contribution in [3.63, 3.8) is 0 Å². The minimum Gasteiger partial charge on any atom is -0.492 e. The highest BCUT2D eigenvalue weighted by atomic mass is 16.5. The molecule has 1 aromatic heterocycles. The summed E-state index contributed by atoms with van der Waals surface area (Å²) in [4.78, 5) is 18.0. The van der Waals surface area contributed by atoms with Crippen LogP contribution in [0.5, 0.6) is 5.75 Å². The van der Waals surface area contributed by atoms with Crippen LogP contribution in [0.15, 0.2) is 47.3 Å². The van der Waals surface area contributed by atoms with Gasteiger partial charge in [0.25, 0.3) is 5.56 Å². The molecule has 2 aromatic rings. The number of hydrogen-bond donors (Lipinski definition) is 0. The van der Waals surface area contributed by atoms with Crippen molar-refractivity contribution < 1.29 is 9.47 Å². The maximum absolute atomic E-state index is 13.2. The summed E-state index contributed by atoms with van der Waals surface area (Å²) in [6.45, 7) is 6.77. The van der Waals surface area contributed by atoms with Gasteiger partial charge in [-0.05, 0) is 37.6 Å². The fourth-order valence-electron chi connectivity index (χ4n) is 5.09. The van der Waals surface area contributed by atoms with E-state index in [1.54, 1.807) is 0 Å². The second-order valence-electron chi connectivity index (χ2n) is 9.04. The Morgan fingerprint density at radius 1 is 1.10 bits per heavy atom. The van der Waals surface area contributed by atoms with Crippen molar-refractivity contribution in [1.82, 2.24) is 14.4 Å². The van der Waals surface area contributed by atoms with Gasteiger partial charge in [-0.1, -0.05) is 24.3 Å². The fourth-order valence-corrected chi connectivity index (χ4v) is 5.09. The van der Waals surface area contributed by atoms with Gasteiger partial charge in [0, 0.05) is 49.9 Å². The second-order valence-corrected chi connectivity index (χ2v) is 9.04. The molecular formula is C24H31N3O3. The molecule has 0 radical (unpaired) electrons. The van der Waals surface area contributed by atoms with Gasteiger partial charge in [0.2, 0.25) is 0 Å². The van der Waals surface area contributed by atoms with Crippen molar-refractivity contribution in [3.8, 4) is 5.75 Å². The maximum atomic E-state index is 13.2. The molecule has 3 aliphatic rings. The summed E-state index contributed by atoms with van der Waals surface area (Å²) in [6.07, 6.45) is 1.21. The highest BCUT2D eigenvalue weighted by Gasteiger charge is 2.39.